The highest BCUT2D eigenvalue weighted by Gasteiger charge is 2.26. The van der Waals surface area contributed by atoms with Crippen LogP contribution in [-0.2, 0) is 11.8 Å². The van der Waals surface area contributed by atoms with E-state index in [4.69, 9.17) is 5.73 Å². The Kier molecular flexibility index (Phi) is 5.96. The Morgan fingerprint density at radius 2 is 2.23 bits per heavy atom. The van der Waals surface area contributed by atoms with Crippen LogP contribution in [0.2, 0.25) is 0 Å². The lowest BCUT2D eigenvalue weighted by molar-refractivity contribution is -0.125. The Morgan fingerprint density at radius 1 is 1.55 bits per heavy atom. The van der Waals surface area contributed by atoms with E-state index in [0.29, 0.717) is 12.5 Å². The molecule has 0 bridgehead atoms. The van der Waals surface area contributed by atoms with Gasteiger partial charge in [-0.1, -0.05) is 0 Å². The maximum atomic E-state index is 11.8. The summed E-state index contributed by atoms with van der Waals surface area (Å²) < 4.78 is 1.31. The van der Waals surface area contributed by atoms with Crippen LogP contribution in [0.15, 0.2) is 17.1 Å². The Hall–Kier alpha value is -1.60. The number of aryl methyl sites for hydroxylation is 1. The van der Waals surface area contributed by atoms with E-state index in [1.807, 2.05) is 0 Å². The number of halogens is 1. The number of hydrogen-bond acceptors (Lipinski definition) is 5. The molecule has 0 aliphatic carbocycles. The predicted octanol–water partition coefficient (Wildman–Crippen LogP) is -0.118. The summed E-state index contributed by atoms with van der Waals surface area (Å²) in [6, 6.07) is 1.59. The van der Waals surface area contributed by atoms with Gasteiger partial charge in [-0.15, -0.1) is 12.4 Å². The molecule has 0 spiro atoms. The first-order valence-corrected chi connectivity index (χ1v) is 7.13. The lowest BCUT2D eigenvalue weighted by atomic mass is 10.1. The molecule has 0 radical (unpaired) electrons. The van der Waals surface area contributed by atoms with Gasteiger partial charge in [-0.3, -0.25) is 9.59 Å². The van der Waals surface area contributed by atoms with Crippen LogP contribution in [-0.4, -0.2) is 40.9 Å². The fraction of sp³-hybridized carbons (Fsp3) is 0.643. The summed E-state index contributed by atoms with van der Waals surface area (Å²) in [4.78, 5) is 25.5. The summed E-state index contributed by atoms with van der Waals surface area (Å²) >= 11 is 0. The van der Waals surface area contributed by atoms with E-state index in [-0.39, 0.29) is 23.9 Å². The fourth-order valence-corrected chi connectivity index (χ4v) is 2.33. The van der Waals surface area contributed by atoms with Crippen LogP contribution in [0.1, 0.15) is 20.3 Å². The van der Waals surface area contributed by atoms with Gasteiger partial charge in [0.2, 0.25) is 5.91 Å². The number of amides is 1. The second kappa shape index (κ2) is 7.11. The van der Waals surface area contributed by atoms with Crippen LogP contribution in [0, 0.1) is 5.92 Å². The minimum atomic E-state index is -0.853. The zero-order chi connectivity index (χ0) is 15.6. The Balaban J connectivity index is 0.00000242. The van der Waals surface area contributed by atoms with Crippen molar-refractivity contribution in [3.8, 4) is 0 Å². The van der Waals surface area contributed by atoms with Gasteiger partial charge in [-0.25, -0.2) is 4.68 Å². The van der Waals surface area contributed by atoms with Crippen molar-refractivity contribution in [1.82, 2.24) is 15.1 Å². The molecule has 1 aromatic rings. The summed E-state index contributed by atoms with van der Waals surface area (Å²) in [6.07, 6.45) is 2.67. The van der Waals surface area contributed by atoms with E-state index in [0.717, 1.165) is 25.2 Å². The minimum Gasteiger partial charge on any atom is -0.370 e. The summed E-state index contributed by atoms with van der Waals surface area (Å²) in [7, 11) is 1.63. The third kappa shape index (κ3) is 4.45. The number of nitrogens with one attached hydrogen (secondary N) is 1. The van der Waals surface area contributed by atoms with Crippen molar-refractivity contribution in [3.05, 3.63) is 22.6 Å². The van der Waals surface area contributed by atoms with E-state index in [9.17, 15) is 9.59 Å². The first-order chi connectivity index (χ1) is 9.77. The maximum absolute atomic E-state index is 11.8. The van der Waals surface area contributed by atoms with Gasteiger partial charge in [-0.2, -0.15) is 5.10 Å². The second-order valence-corrected chi connectivity index (χ2v) is 6.21. The number of carbonyl (C=O) groups excluding carboxylic acids is 1. The monoisotopic (exact) mass is 329 g/mol. The number of nitrogens with two attached hydrogens (primary N) is 1. The molecular formula is C14H24ClN5O2. The molecule has 1 saturated heterocycles. The van der Waals surface area contributed by atoms with Crippen molar-refractivity contribution in [3.63, 3.8) is 0 Å². The lowest BCUT2D eigenvalue weighted by Gasteiger charge is -2.21. The Bertz CT molecular complexity index is 581. The molecule has 3 N–H and O–H groups in total. The molecule has 0 saturated carbocycles. The third-order valence-corrected chi connectivity index (χ3v) is 3.74. The van der Waals surface area contributed by atoms with Crippen LogP contribution < -0.4 is 21.5 Å². The van der Waals surface area contributed by atoms with Gasteiger partial charge >= 0.3 is 0 Å². The molecule has 1 aromatic heterocycles. The quantitative estimate of drug-likeness (QED) is 0.803. The van der Waals surface area contributed by atoms with Crippen LogP contribution in [0.25, 0.3) is 0 Å². The van der Waals surface area contributed by atoms with Gasteiger partial charge in [0.05, 0.1) is 17.4 Å². The van der Waals surface area contributed by atoms with Gasteiger partial charge < -0.3 is 16.0 Å². The maximum Gasteiger partial charge on any atom is 0.268 e. The lowest BCUT2D eigenvalue weighted by Crippen LogP contribution is -2.50. The molecule has 1 atom stereocenters. The number of anilines is 1. The minimum absolute atomic E-state index is 0. The van der Waals surface area contributed by atoms with Crippen LogP contribution in [0.4, 0.5) is 5.69 Å². The SMILES string of the molecule is Cl.Cn1ncc(N2CCC(CNC(=O)C(C)(C)N)C2)cc1=O. The molecule has 2 rings (SSSR count). The van der Waals surface area contributed by atoms with Crippen molar-refractivity contribution in [1.29, 1.82) is 0 Å². The molecule has 1 amide bonds. The summed E-state index contributed by atoms with van der Waals surface area (Å²) in [6.45, 7) is 5.65. The number of rotatable bonds is 4. The highest BCUT2D eigenvalue weighted by Crippen LogP contribution is 2.21. The molecule has 8 heteroatoms. The Labute approximate surface area is 136 Å². The average Bonchev–Trinajstić information content (AvgIpc) is 2.87. The topological polar surface area (TPSA) is 93.2 Å². The van der Waals surface area contributed by atoms with Crippen LogP contribution in [0.3, 0.4) is 0 Å². The third-order valence-electron chi connectivity index (χ3n) is 3.74. The van der Waals surface area contributed by atoms with E-state index >= 15 is 0 Å². The van der Waals surface area contributed by atoms with E-state index in [2.05, 4.69) is 15.3 Å². The number of carbonyl (C=O) groups is 1. The largest absolute Gasteiger partial charge is 0.370 e. The zero-order valence-corrected chi connectivity index (χ0v) is 14.0. The van der Waals surface area contributed by atoms with E-state index in [1.165, 1.54) is 4.68 Å². The zero-order valence-electron chi connectivity index (χ0n) is 13.2. The van der Waals surface area contributed by atoms with Crippen molar-refractivity contribution in [2.75, 3.05) is 24.5 Å². The summed E-state index contributed by atoms with van der Waals surface area (Å²) in [5, 5.41) is 6.92. The fourth-order valence-electron chi connectivity index (χ4n) is 2.33. The molecule has 1 unspecified atom stereocenters. The van der Waals surface area contributed by atoms with Crippen LogP contribution >= 0.6 is 12.4 Å². The molecule has 1 fully saturated rings. The van der Waals surface area contributed by atoms with Gasteiger partial charge in [0, 0.05) is 32.7 Å². The molecular weight excluding hydrogens is 306 g/mol. The van der Waals surface area contributed by atoms with E-state index < -0.39 is 5.54 Å². The smallest absolute Gasteiger partial charge is 0.268 e. The summed E-state index contributed by atoms with van der Waals surface area (Å²) in [5.41, 5.74) is 5.61. The number of hydrogen-bond donors (Lipinski definition) is 2. The Morgan fingerprint density at radius 3 is 2.82 bits per heavy atom. The number of nitrogens with zero attached hydrogens (tertiary/aromatic N) is 3. The molecule has 1 aliphatic heterocycles. The first kappa shape index (κ1) is 18.4. The molecule has 2 heterocycles. The molecule has 7 nitrogen and oxygen atoms in total. The normalized spacial score (nSPS) is 18.0. The van der Waals surface area contributed by atoms with E-state index in [1.54, 1.807) is 33.2 Å². The van der Waals surface area contributed by atoms with Crippen molar-refractivity contribution < 1.29 is 4.79 Å². The predicted molar refractivity (Wildman–Crippen MR) is 88.3 cm³/mol. The van der Waals surface area contributed by atoms with Crippen molar-refractivity contribution in [2.24, 2.45) is 18.7 Å². The molecule has 0 aromatic carbocycles. The van der Waals surface area contributed by atoms with Crippen molar-refractivity contribution in [2.45, 2.75) is 25.8 Å². The van der Waals surface area contributed by atoms with Gasteiger partial charge in [0.1, 0.15) is 0 Å². The van der Waals surface area contributed by atoms with Gasteiger partial charge in [0.15, 0.2) is 0 Å². The standard InChI is InChI=1S/C14H23N5O2.ClH/c1-14(2,15)13(21)16-7-10-4-5-19(9-10)11-6-12(20)18(3)17-8-11;/h6,8,10H,4-5,7,9,15H2,1-3H3,(H,16,21);1H. The van der Waals surface area contributed by atoms with Gasteiger partial charge in [0.25, 0.3) is 5.56 Å². The molecule has 124 valence electrons. The average molecular weight is 330 g/mol. The summed E-state index contributed by atoms with van der Waals surface area (Å²) in [5.74, 6) is 0.219. The van der Waals surface area contributed by atoms with Gasteiger partial charge in [-0.05, 0) is 26.2 Å². The number of aromatic nitrogens is 2. The van der Waals surface area contributed by atoms with Crippen LogP contribution in [0.5, 0.6) is 0 Å². The second-order valence-electron chi connectivity index (χ2n) is 6.21. The first-order valence-electron chi connectivity index (χ1n) is 7.13. The molecule has 22 heavy (non-hydrogen) atoms. The molecule has 1 aliphatic rings. The highest BCUT2D eigenvalue weighted by molar-refractivity contribution is 5.85. The van der Waals surface area contributed by atoms with Crippen molar-refractivity contribution >= 4 is 24.0 Å². The highest BCUT2D eigenvalue weighted by atomic mass is 35.5.